The Kier molecular flexibility index (Phi) is 4.69. The molecule has 9 heteroatoms. The van der Waals surface area contributed by atoms with Crippen LogP contribution in [0.3, 0.4) is 0 Å². The molecule has 4 rings (SSSR count). The van der Waals surface area contributed by atoms with Gasteiger partial charge in [-0.2, -0.15) is 0 Å². The van der Waals surface area contributed by atoms with Gasteiger partial charge in [0.25, 0.3) is 5.91 Å². The Morgan fingerprint density at radius 1 is 1.00 bits per heavy atom. The van der Waals surface area contributed by atoms with Crippen LogP contribution in [-0.4, -0.2) is 95.9 Å². The maximum absolute atomic E-state index is 12.7. The number of imide groups is 1. The van der Waals surface area contributed by atoms with E-state index in [1.807, 2.05) is 16.8 Å². The molecule has 0 spiro atoms. The quantitative estimate of drug-likeness (QED) is 0.690. The summed E-state index contributed by atoms with van der Waals surface area (Å²) >= 11 is 0. The highest BCUT2D eigenvalue weighted by Crippen LogP contribution is 2.27. The molecule has 148 valence electrons. The third-order valence-corrected chi connectivity index (χ3v) is 6.31. The highest BCUT2D eigenvalue weighted by atomic mass is 16.2. The average molecular weight is 376 g/mol. The predicted octanol–water partition coefficient (Wildman–Crippen LogP) is -0.111. The lowest BCUT2D eigenvalue weighted by molar-refractivity contribution is -0.137. The Bertz CT molecular complexity index is 666. The summed E-state index contributed by atoms with van der Waals surface area (Å²) < 4.78 is 0. The molecule has 0 radical (unpaired) electrons. The first-order valence-electron chi connectivity index (χ1n) is 9.89. The summed E-state index contributed by atoms with van der Waals surface area (Å²) in [5, 5.41) is 2.37. The van der Waals surface area contributed by atoms with Crippen LogP contribution in [0.1, 0.15) is 32.1 Å². The minimum atomic E-state index is -0.496. The summed E-state index contributed by atoms with van der Waals surface area (Å²) in [6.45, 7) is 2.75. The fourth-order valence-corrected chi connectivity index (χ4v) is 4.64. The third-order valence-electron chi connectivity index (χ3n) is 6.31. The molecule has 0 aromatic carbocycles. The molecule has 4 amide bonds. The van der Waals surface area contributed by atoms with E-state index in [1.54, 1.807) is 7.05 Å². The van der Waals surface area contributed by atoms with Gasteiger partial charge in [0.05, 0.1) is 0 Å². The third kappa shape index (κ3) is 3.12. The first-order valence-corrected chi connectivity index (χ1v) is 9.89. The second kappa shape index (κ2) is 7.01. The molecule has 2 atom stereocenters. The van der Waals surface area contributed by atoms with Crippen molar-refractivity contribution in [2.24, 2.45) is 10.9 Å². The molecule has 3 aliphatic heterocycles. The first kappa shape index (κ1) is 18.1. The van der Waals surface area contributed by atoms with E-state index in [0.717, 1.165) is 31.6 Å². The van der Waals surface area contributed by atoms with Crippen LogP contribution in [0.5, 0.6) is 0 Å². The number of hydrogen-bond donors (Lipinski definition) is 1. The molecule has 4 aliphatic rings. The molecule has 1 aliphatic carbocycles. The summed E-state index contributed by atoms with van der Waals surface area (Å²) in [7, 11) is 3.49. The van der Waals surface area contributed by atoms with Crippen molar-refractivity contribution in [1.82, 2.24) is 24.9 Å². The summed E-state index contributed by atoms with van der Waals surface area (Å²) in [6.07, 6.45) is 5.12. The largest absolute Gasteiger partial charge is 0.339 e. The lowest BCUT2D eigenvalue weighted by Crippen LogP contribution is -2.64. The predicted molar refractivity (Wildman–Crippen MR) is 98.8 cm³/mol. The van der Waals surface area contributed by atoms with E-state index < -0.39 is 18.2 Å². The second-order valence-electron chi connectivity index (χ2n) is 7.95. The lowest BCUT2D eigenvalue weighted by atomic mass is 9.88. The van der Waals surface area contributed by atoms with Crippen molar-refractivity contribution in [2.75, 3.05) is 40.3 Å². The van der Waals surface area contributed by atoms with Crippen molar-refractivity contribution in [2.45, 2.75) is 44.3 Å². The van der Waals surface area contributed by atoms with Crippen LogP contribution in [0.4, 0.5) is 4.79 Å². The maximum Gasteiger partial charge on any atom is 0.325 e. The fraction of sp³-hybridized carbons (Fsp3) is 0.778. The van der Waals surface area contributed by atoms with Crippen LogP contribution in [0.15, 0.2) is 4.99 Å². The molecule has 27 heavy (non-hydrogen) atoms. The van der Waals surface area contributed by atoms with Crippen LogP contribution in [0.25, 0.3) is 0 Å². The molecular weight excluding hydrogens is 348 g/mol. The van der Waals surface area contributed by atoms with Crippen molar-refractivity contribution in [3.63, 3.8) is 0 Å². The number of amides is 4. The maximum atomic E-state index is 12.7. The summed E-state index contributed by atoms with van der Waals surface area (Å²) in [4.78, 5) is 48.9. The molecule has 1 N–H and O–H groups in total. The van der Waals surface area contributed by atoms with Crippen LogP contribution in [0, 0.1) is 5.92 Å². The molecule has 2 saturated heterocycles. The number of rotatable bonds is 1. The van der Waals surface area contributed by atoms with Gasteiger partial charge in [-0.15, -0.1) is 0 Å². The van der Waals surface area contributed by atoms with E-state index in [2.05, 4.69) is 15.2 Å². The fourth-order valence-electron chi connectivity index (χ4n) is 4.64. The number of aliphatic imine (C=N–C) groups is 1. The van der Waals surface area contributed by atoms with Crippen molar-refractivity contribution in [3.8, 4) is 0 Å². The Morgan fingerprint density at radius 3 is 2.33 bits per heavy atom. The van der Waals surface area contributed by atoms with Gasteiger partial charge in [0.2, 0.25) is 5.91 Å². The number of nitrogens with one attached hydrogen (secondary N) is 1. The smallest absolute Gasteiger partial charge is 0.325 e. The van der Waals surface area contributed by atoms with E-state index in [9.17, 15) is 14.4 Å². The molecule has 3 fully saturated rings. The van der Waals surface area contributed by atoms with Gasteiger partial charge < -0.3 is 19.6 Å². The van der Waals surface area contributed by atoms with E-state index in [4.69, 9.17) is 0 Å². The number of fused-ring (bicyclic) bond motifs is 1. The molecule has 1 saturated carbocycles. The number of urea groups is 1. The standard InChI is InChI=1S/C18H28N6O3/c1-21-13-14(22(2)18(27)20-15(13)25)19-17(21)24-10-8-23(9-11-24)16(26)12-6-4-3-5-7-12/h12-14H,3-11H2,1-2H3,(H,20,25,27). The summed E-state index contributed by atoms with van der Waals surface area (Å²) in [5.41, 5.74) is 0. The Hall–Kier alpha value is -2.32. The lowest BCUT2D eigenvalue weighted by Gasteiger charge is -2.40. The van der Waals surface area contributed by atoms with Crippen LogP contribution >= 0.6 is 0 Å². The molecule has 9 nitrogen and oxygen atoms in total. The molecular formula is C18H28N6O3. The van der Waals surface area contributed by atoms with Gasteiger partial charge >= 0.3 is 6.03 Å². The zero-order chi connectivity index (χ0) is 19.1. The van der Waals surface area contributed by atoms with Gasteiger partial charge in [-0.1, -0.05) is 19.3 Å². The van der Waals surface area contributed by atoms with E-state index in [0.29, 0.717) is 32.1 Å². The Balaban J connectivity index is 1.40. The Morgan fingerprint density at radius 2 is 1.67 bits per heavy atom. The molecule has 0 aromatic rings. The summed E-state index contributed by atoms with van der Waals surface area (Å²) in [5.74, 6) is 0.916. The van der Waals surface area contributed by atoms with E-state index in [-0.39, 0.29) is 11.8 Å². The first-order chi connectivity index (χ1) is 13.0. The molecule has 3 heterocycles. The van der Waals surface area contributed by atoms with Crippen molar-refractivity contribution in [3.05, 3.63) is 0 Å². The van der Waals surface area contributed by atoms with Crippen LogP contribution in [-0.2, 0) is 9.59 Å². The topological polar surface area (TPSA) is 88.6 Å². The van der Waals surface area contributed by atoms with Gasteiger partial charge in [-0.25, -0.2) is 9.79 Å². The highest BCUT2D eigenvalue weighted by molar-refractivity contribution is 6.03. The number of nitrogens with zero attached hydrogens (tertiary/aromatic N) is 5. The number of carbonyl (C=O) groups excluding carboxylic acids is 3. The molecule has 2 unspecified atom stereocenters. The van der Waals surface area contributed by atoms with E-state index in [1.165, 1.54) is 11.3 Å². The van der Waals surface area contributed by atoms with Crippen LogP contribution < -0.4 is 5.32 Å². The minimum Gasteiger partial charge on any atom is -0.339 e. The number of piperazine rings is 1. The zero-order valence-corrected chi connectivity index (χ0v) is 16.1. The minimum absolute atomic E-state index is 0.197. The van der Waals surface area contributed by atoms with Crippen molar-refractivity contribution >= 4 is 23.8 Å². The van der Waals surface area contributed by atoms with Gasteiger partial charge in [-0.05, 0) is 12.8 Å². The number of likely N-dealkylation sites (N-methyl/N-ethyl adjacent to an activating group) is 2. The second-order valence-corrected chi connectivity index (χ2v) is 7.95. The average Bonchev–Trinajstić information content (AvgIpc) is 3.04. The highest BCUT2D eigenvalue weighted by Gasteiger charge is 2.48. The SMILES string of the molecule is CN1C(=O)NC(=O)C2C1N=C(N1CCN(C(=O)C3CCCCC3)CC1)N2C. The van der Waals surface area contributed by atoms with Crippen LogP contribution in [0.2, 0.25) is 0 Å². The number of guanidine groups is 1. The van der Waals surface area contributed by atoms with Gasteiger partial charge in [0.1, 0.15) is 0 Å². The molecule has 0 aromatic heterocycles. The molecule has 0 bridgehead atoms. The summed E-state index contributed by atoms with van der Waals surface area (Å²) in [6, 6.07) is -0.910. The number of carbonyl (C=O) groups is 3. The normalized spacial score (nSPS) is 29.6. The Labute approximate surface area is 159 Å². The van der Waals surface area contributed by atoms with Crippen molar-refractivity contribution < 1.29 is 14.4 Å². The van der Waals surface area contributed by atoms with Gasteiger partial charge in [0.15, 0.2) is 18.2 Å². The van der Waals surface area contributed by atoms with Crippen molar-refractivity contribution in [1.29, 1.82) is 0 Å². The van der Waals surface area contributed by atoms with Gasteiger partial charge in [0, 0.05) is 46.2 Å². The monoisotopic (exact) mass is 376 g/mol. The van der Waals surface area contributed by atoms with Gasteiger partial charge in [-0.3, -0.25) is 14.9 Å². The number of hydrogen-bond acceptors (Lipinski definition) is 6. The zero-order valence-electron chi connectivity index (χ0n) is 16.1. The van der Waals surface area contributed by atoms with E-state index >= 15 is 0 Å².